The molecule has 22 heavy (non-hydrogen) atoms. The Labute approximate surface area is 132 Å². The second-order valence-corrected chi connectivity index (χ2v) is 8.64. The van der Waals surface area contributed by atoms with Crippen LogP contribution in [0, 0.1) is 0 Å². The summed E-state index contributed by atoms with van der Waals surface area (Å²) in [5.74, 6) is 1.33. The van der Waals surface area contributed by atoms with Crippen molar-refractivity contribution in [1.82, 2.24) is 13.8 Å². The number of hydrogen-bond acceptors (Lipinski definition) is 4. The lowest BCUT2D eigenvalue weighted by Crippen LogP contribution is -2.44. The third kappa shape index (κ3) is 2.94. The summed E-state index contributed by atoms with van der Waals surface area (Å²) in [4.78, 5) is 0. The first-order chi connectivity index (χ1) is 10.5. The van der Waals surface area contributed by atoms with Crippen molar-refractivity contribution < 1.29 is 12.9 Å². The molecule has 2 heterocycles. The average Bonchev–Trinajstić information content (AvgIpc) is 2.76. The first kappa shape index (κ1) is 16.0. The molecule has 0 N–H and O–H groups in total. The second-order valence-electron chi connectivity index (χ2n) is 6.50. The molecule has 1 aliphatic heterocycles. The van der Waals surface area contributed by atoms with Gasteiger partial charge in [0.1, 0.15) is 5.76 Å². The summed E-state index contributed by atoms with van der Waals surface area (Å²) in [5, 5.41) is 4.27. The third-order valence-electron chi connectivity index (χ3n) is 4.85. The largest absolute Gasteiger partial charge is 0.361 e. The van der Waals surface area contributed by atoms with Crippen LogP contribution >= 0.6 is 0 Å². The van der Waals surface area contributed by atoms with Crippen LogP contribution in [0.1, 0.15) is 55.0 Å². The van der Waals surface area contributed by atoms with Crippen LogP contribution in [0.25, 0.3) is 0 Å². The van der Waals surface area contributed by atoms with Crippen LogP contribution in [0.15, 0.2) is 4.52 Å². The Balaban J connectivity index is 1.71. The summed E-state index contributed by atoms with van der Waals surface area (Å²) in [5.41, 5.74) is 2.45. The molecule has 0 unspecified atom stereocenters. The van der Waals surface area contributed by atoms with Gasteiger partial charge in [-0.3, -0.25) is 0 Å². The van der Waals surface area contributed by atoms with Crippen molar-refractivity contribution in [2.75, 3.05) is 27.2 Å². The van der Waals surface area contributed by atoms with Crippen molar-refractivity contribution in [3.8, 4) is 0 Å². The zero-order valence-electron chi connectivity index (χ0n) is 13.4. The molecule has 1 fully saturated rings. The molecule has 1 aromatic rings. The quantitative estimate of drug-likeness (QED) is 0.796. The van der Waals surface area contributed by atoms with Gasteiger partial charge in [-0.2, -0.15) is 17.0 Å². The maximum Gasteiger partial charge on any atom is 0.281 e. The van der Waals surface area contributed by atoms with Gasteiger partial charge in [-0.05, 0) is 38.5 Å². The molecular formula is C15H25N3O3S. The van der Waals surface area contributed by atoms with Gasteiger partial charge in [0.2, 0.25) is 0 Å². The van der Waals surface area contributed by atoms with Crippen molar-refractivity contribution >= 4 is 10.2 Å². The van der Waals surface area contributed by atoms with Crippen molar-refractivity contribution in [2.45, 2.75) is 50.9 Å². The molecule has 2 aliphatic rings. The molecule has 1 saturated heterocycles. The molecule has 0 saturated carbocycles. The Hall–Kier alpha value is -0.920. The third-order valence-corrected chi connectivity index (χ3v) is 6.79. The maximum absolute atomic E-state index is 12.2. The predicted molar refractivity (Wildman–Crippen MR) is 83.9 cm³/mol. The van der Waals surface area contributed by atoms with Crippen molar-refractivity contribution in [3.63, 3.8) is 0 Å². The molecule has 1 aliphatic carbocycles. The minimum Gasteiger partial charge on any atom is -0.361 e. The average molecular weight is 327 g/mol. The van der Waals surface area contributed by atoms with Crippen molar-refractivity contribution in [2.24, 2.45) is 0 Å². The Morgan fingerprint density at radius 1 is 1.14 bits per heavy atom. The van der Waals surface area contributed by atoms with Crippen LogP contribution in [0.5, 0.6) is 0 Å². The first-order valence-electron chi connectivity index (χ1n) is 8.15. The standard InChI is InChI=1S/C15H25N3O3S/c1-17(2)22(19,20)18-10-8-12(9-11-18)15-13-6-4-3-5-7-14(13)16-21-15/h12H,3-11H2,1-2H3. The van der Waals surface area contributed by atoms with E-state index in [0.717, 1.165) is 37.1 Å². The Morgan fingerprint density at radius 2 is 1.82 bits per heavy atom. The normalized spacial score (nSPS) is 21.8. The first-order valence-corrected chi connectivity index (χ1v) is 9.54. The van der Waals surface area contributed by atoms with Gasteiger partial charge >= 0.3 is 0 Å². The SMILES string of the molecule is CN(C)S(=O)(=O)N1CCC(c2onc3c2CCCCC3)CC1. The van der Waals surface area contributed by atoms with Gasteiger partial charge in [0.15, 0.2) is 0 Å². The summed E-state index contributed by atoms with van der Waals surface area (Å²) in [7, 11) is -0.133. The topological polar surface area (TPSA) is 66.7 Å². The van der Waals surface area contributed by atoms with Gasteiger partial charge in [0.25, 0.3) is 10.2 Å². The van der Waals surface area contributed by atoms with E-state index in [9.17, 15) is 8.42 Å². The lowest BCUT2D eigenvalue weighted by Gasteiger charge is -2.32. The number of piperidine rings is 1. The fourth-order valence-electron chi connectivity index (χ4n) is 3.49. The Morgan fingerprint density at radius 3 is 2.50 bits per heavy atom. The van der Waals surface area contributed by atoms with Gasteiger partial charge in [0, 0.05) is 38.7 Å². The summed E-state index contributed by atoms with van der Waals surface area (Å²) in [6.45, 7) is 1.11. The lowest BCUT2D eigenvalue weighted by molar-refractivity contribution is 0.265. The van der Waals surface area contributed by atoms with Crippen LogP contribution in [0.4, 0.5) is 0 Å². The van der Waals surface area contributed by atoms with Crippen LogP contribution in [0.2, 0.25) is 0 Å². The molecule has 124 valence electrons. The number of hydrogen-bond donors (Lipinski definition) is 0. The zero-order chi connectivity index (χ0) is 15.7. The van der Waals surface area contributed by atoms with E-state index in [1.54, 1.807) is 18.4 Å². The van der Waals surface area contributed by atoms with Crippen LogP contribution in [-0.4, -0.2) is 49.4 Å². The number of fused-ring (bicyclic) bond motifs is 1. The summed E-state index contributed by atoms with van der Waals surface area (Å²) >= 11 is 0. The molecule has 0 amide bonds. The molecule has 6 nitrogen and oxygen atoms in total. The van der Waals surface area contributed by atoms with E-state index >= 15 is 0 Å². The lowest BCUT2D eigenvalue weighted by atomic mass is 9.91. The Bertz CT molecular complexity index is 616. The number of aromatic nitrogens is 1. The fourth-order valence-corrected chi connectivity index (χ4v) is 4.63. The highest BCUT2D eigenvalue weighted by molar-refractivity contribution is 7.86. The van der Waals surface area contributed by atoms with Crippen molar-refractivity contribution in [1.29, 1.82) is 0 Å². The summed E-state index contributed by atoms with van der Waals surface area (Å²) < 4.78 is 32.9. The van der Waals surface area contributed by atoms with E-state index in [1.165, 1.54) is 29.1 Å². The van der Waals surface area contributed by atoms with Gasteiger partial charge in [-0.1, -0.05) is 11.6 Å². The van der Waals surface area contributed by atoms with E-state index < -0.39 is 10.2 Å². The molecule has 0 aromatic carbocycles. The fraction of sp³-hybridized carbons (Fsp3) is 0.800. The second kappa shape index (κ2) is 6.29. The molecule has 3 rings (SSSR count). The van der Waals surface area contributed by atoms with Crippen LogP contribution < -0.4 is 0 Å². The molecular weight excluding hydrogens is 302 g/mol. The molecule has 7 heteroatoms. The molecule has 0 bridgehead atoms. The minimum absolute atomic E-state index is 0.308. The van der Waals surface area contributed by atoms with E-state index in [4.69, 9.17) is 4.52 Å². The number of nitrogens with zero attached hydrogens (tertiary/aromatic N) is 3. The minimum atomic E-state index is -3.29. The number of rotatable bonds is 3. The maximum atomic E-state index is 12.2. The van der Waals surface area contributed by atoms with Gasteiger partial charge in [-0.25, -0.2) is 0 Å². The zero-order valence-corrected chi connectivity index (χ0v) is 14.2. The van der Waals surface area contributed by atoms with Crippen LogP contribution in [0.3, 0.4) is 0 Å². The molecule has 0 atom stereocenters. The highest BCUT2D eigenvalue weighted by Crippen LogP contribution is 2.35. The summed E-state index contributed by atoms with van der Waals surface area (Å²) in [6, 6.07) is 0. The van der Waals surface area contributed by atoms with Gasteiger partial charge in [0.05, 0.1) is 5.69 Å². The van der Waals surface area contributed by atoms with E-state index in [0.29, 0.717) is 19.0 Å². The molecule has 0 radical (unpaired) electrons. The summed E-state index contributed by atoms with van der Waals surface area (Å²) in [6.07, 6.45) is 7.36. The smallest absolute Gasteiger partial charge is 0.281 e. The Kier molecular flexibility index (Phi) is 4.56. The van der Waals surface area contributed by atoms with E-state index in [-0.39, 0.29) is 0 Å². The molecule has 0 spiro atoms. The van der Waals surface area contributed by atoms with Crippen LogP contribution in [-0.2, 0) is 23.1 Å². The highest BCUT2D eigenvalue weighted by Gasteiger charge is 2.33. The monoisotopic (exact) mass is 327 g/mol. The highest BCUT2D eigenvalue weighted by atomic mass is 32.2. The number of aryl methyl sites for hydroxylation is 1. The van der Waals surface area contributed by atoms with Gasteiger partial charge < -0.3 is 4.52 Å². The van der Waals surface area contributed by atoms with E-state index in [1.807, 2.05) is 0 Å². The van der Waals surface area contributed by atoms with E-state index in [2.05, 4.69) is 5.16 Å². The van der Waals surface area contributed by atoms with Gasteiger partial charge in [-0.15, -0.1) is 0 Å². The molecule has 1 aromatic heterocycles. The van der Waals surface area contributed by atoms with Crippen molar-refractivity contribution in [3.05, 3.63) is 17.0 Å². The predicted octanol–water partition coefficient (Wildman–Crippen LogP) is 1.93.